The number of aromatic nitrogens is 2. The van der Waals surface area contributed by atoms with Gasteiger partial charge in [0.05, 0.1) is 35.2 Å². The van der Waals surface area contributed by atoms with Crippen molar-refractivity contribution >= 4 is 22.3 Å². The Hall–Kier alpha value is -2.08. The average Bonchev–Trinajstić information content (AvgIpc) is 2.43. The molecule has 0 aliphatic heterocycles. The molecule has 1 heterocycles. The maximum atomic E-state index is 11.8. The van der Waals surface area contributed by atoms with E-state index in [0.29, 0.717) is 29.1 Å². The predicted octanol–water partition coefficient (Wildman–Crippen LogP) is 1.61. The molecular weight excluding hydrogens is 268 g/mol. The number of rotatable bonds is 6. The van der Waals surface area contributed by atoms with Crippen LogP contribution in [0, 0.1) is 5.92 Å². The molecule has 6 heteroatoms. The normalized spacial score (nSPS) is 11.2. The van der Waals surface area contributed by atoms with E-state index in [1.807, 2.05) is 6.07 Å². The van der Waals surface area contributed by atoms with Crippen LogP contribution in [0.5, 0.6) is 0 Å². The second-order valence-corrected chi connectivity index (χ2v) is 5.49. The largest absolute Gasteiger partial charge is 0.397 e. The smallest absolute Gasteiger partial charge is 0.258 e. The molecule has 0 bridgehead atoms. The molecule has 1 aromatic carbocycles. The number of benzene rings is 1. The Labute approximate surface area is 123 Å². The summed E-state index contributed by atoms with van der Waals surface area (Å²) in [6.07, 6.45) is 1.41. The van der Waals surface area contributed by atoms with E-state index in [0.717, 1.165) is 18.8 Å². The fourth-order valence-electron chi connectivity index (χ4n) is 2.35. The van der Waals surface area contributed by atoms with Crippen molar-refractivity contribution < 1.29 is 4.74 Å². The number of hydrogen-bond acceptors (Lipinski definition) is 5. The SMILES string of the molecule is COCCN(CC(C)C)c1cc2nc[nH]c(=O)c2cc1N. The molecule has 0 aliphatic rings. The molecule has 0 saturated carbocycles. The molecule has 0 atom stereocenters. The Bertz CT molecular complexity index is 666. The maximum Gasteiger partial charge on any atom is 0.258 e. The van der Waals surface area contributed by atoms with Gasteiger partial charge in [-0.15, -0.1) is 0 Å². The zero-order chi connectivity index (χ0) is 15.4. The van der Waals surface area contributed by atoms with Crippen molar-refractivity contribution in [3.63, 3.8) is 0 Å². The minimum atomic E-state index is -0.175. The summed E-state index contributed by atoms with van der Waals surface area (Å²) in [4.78, 5) is 20.7. The molecule has 1 aromatic heterocycles. The van der Waals surface area contributed by atoms with Gasteiger partial charge in [-0.25, -0.2) is 4.98 Å². The first-order valence-electron chi connectivity index (χ1n) is 7.03. The minimum absolute atomic E-state index is 0.175. The molecule has 2 rings (SSSR count). The van der Waals surface area contributed by atoms with Crippen molar-refractivity contribution in [2.24, 2.45) is 5.92 Å². The molecule has 21 heavy (non-hydrogen) atoms. The lowest BCUT2D eigenvalue weighted by Crippen LogP contribution is -2.31. The van der Waals surface area contributed by atoms with Gasteiger partial charge in [0, 0.05) is 20.2 Å². The molecule has 3 N–H and O–H groups in total. The molecule has 0 amide bonds. The van der Waals surface area contributed by atoms with Crippen LogP contribution in [0.1, 0.15) is 13.8 Å². The first-order chi connectivity index (χ1) is 10.0. The van der Waals surface area contributed by atoms with Crippen molar-refractivity contribution in [1.82, 2.24) is 9.97 Å². The highest BCUT2D eigenvalue weighted by Gasteiger charge is 2.14. The van der Waals surface area contributed by atoms with Gasteiger partial charge in [0.1, 0.15) is 0 Å². The highest BCUT2D eigenvalue weighted by molar-refractivity contribution is 5.88. The topological polar surface area (TPSA) is 84.2 Å². The van der Waals surface area contributed by atoms with Crippen LogP contribution in [0.4, 0.5) is 11.4 Å². The lowest BCUT2D eigenvalue weighted by Gasteiger charge is -2.27. The van der Waals surface area contributed by atoms with Crippen molar-refractivity contribution in [3.8, 4) is 0 Å². The summed E-state index contributed by atoms with van der Waals surface area (Å²) in [5.74, 6) is 0.490. The Morgan fingerprint density at radius 3 is 2.86 bits per heavy atom. The van der Waals surface area contributed by atoms with E-state index in [4.69, 9.17) is 10.5 Å². The number of H-pyrrole nitrogens is 1. The fourth-order valence-corrected chi connectivity index (χ4v) is 2.35. The maximum absolute atomic E-state index is 11.8. The number of hydrogen-bond donors (Lipinski definition) is 2. The second kappa shape index (κ2) is 6.58. The van der Waals surface area contributed by atoms with Gasteiger partial charge >= 0.3 is 0 Å². The first-order valence-corrected chi connectivity index (χ1v) is 7.03. The molecule has 2 aromatic rings. The number of ether oxygens (including phenoxy) is 1. The Morgan fingerprint density at radius 2 is 2.19 bits per heavy atom. The molecule has 0 radical (unpaired) electrons. The highest BCUT2D eigenvalue weighted by Crippen LogP contribution is 2.27. The van der Waals surface area contributed by atoms with Crippen LogP contribution in [0.2, 0.25) is 0 Å². The van der Waals surface area contributed by atoms with Crippen molar-refractivity contribution in [3.05, 3.63) is 28.8 Å². The summed E-state index contributed by atoms with van der Waals surface area (Å²) in [7, 11) is 1.68. The van der Waals surface area contributed by atoms with E-state index < -0.39 is 0 Å². The number of anilines is 2. The van der Waals surface area contributed by atoms with E-state index in [1.165, 1.54) is 6.33 Å². The molecule has 6 nitrogen and oxygen atoms in total. The van der Waals surface area contributed by atoms with E-state index in [1.54, 1.807) is 13.2 Å². The fraction of sp³-hybridized carbons (Fsp3) is 0.467. The van der Waals surface area contributed by atoms with Crippen LogP contribution >= 0.6 is 0 Å². The van der Waals surface area contributed by atoms with E-state index in [2.05, 4.69) is 28.7 Å². The van der Waals surface area contributed by atoms with E-state index in [9.17, 15) is 4.79 Å². The van der Waals surface area contributed by atoms with Crippen LogP contribution < -0.4 is 16.2 Å². The van der Waals surface area contributed by atoms with Crippen molar-refractivity contribution in [1.29, 1.82) is 0 Å². The quantitative estimate of drug-likeness (QED) is 0.790. The molecule has 114 valence electrons. The number of nitrogen functional groups attached to an aromatic ring is 1. The Morgan fingerprint density at radius 1 is 1.43 bits per heavy atom. The average molecular weight is 290 g/mol. The first kappa shape index (κ1) is 15.3. The van der Waals surface area contributed by atoms with Gasteiger partial charge in [-0.2, -0.15) is 0 Å². The number of nitrogens with two attached hydrogens (primary N) is 1. The van der Waals surface area contributed by atoms with Gasteiger partial charge in [-0.1, -0.05) is 13.8 Å². The van der Waals surface area contributed by atoms with Gasteiger partial charge in [0.25, 0.3) is 5.56 Å². The van der Waals surface area contributed by atoms with Gasteiger partial charge in [0.2, 0.25) is 0 Å². The predicted molar refractivity (Wildman–Crippen MR) is 85.7 cm³/mol. The number of methoxy groups -OCH3 is 1. The summed E-state index contributed by atoms with van der Waals surface area (Å²) < 4.78 is 5.17. The summed E-state index contributed by atoms with van der Waals surface area (Å²) >= 11 is 0. The summed E-state index contributed by atoms with van der Waals surface area (Å²) in [6, 6.07) is 3.56. The summed E-state index contributed by atoms with van der Waals surface area (Å²) in [6.45, 7) is 6.53. The Balaban J connectivity index is 2.46. The zero-order valence-corrected chi connectivity index (χ0v) is 12.7. The third kappa shape index (κ3) is 3.52. The molecular formula is C15H22N4O2. The lowest BCUT2D eigenvalue weighted by atomic mass is 10.1. The number of fused-ring (bicyclic) bond motifs is 1. The van der Waals surface area contributed by atoms with Crippen LogP contribution in [0.3, 0.4) is 0 Å². The third-order valence-electron chi connectivity index (χ3n) is 3.28. The number of aromatic amines is 1. The Kier molecular flexibility index (Phi) is 4.80. The molecule has 0 aliphatic carbocycles. The van der Waals surface area contributed by atoms with Crippen LogP contribution in [0.25, 0.3) is 10.9 Å². The van der Waals surface area contributed by atoms with Gasteiger partial charge in [-0.05, 0) is 18.1 Å². The van der Waals surface area contributed by atoms with E-state index >= 15 is 0 Å². The second-order valence-electron chi connectivity index (χ2n) is 5.49. The minimum Gasteiger partial charge on any atom is -0.397 e. The molecule has 0 fully saturated rings. The van der Waals surface area contributed by atoms with Crippen molar-refractivity contribution in [2.75, 3.05) is 37.4 Å². The summed E-state index contributed by atoms with van der Waals surface area (Å²) in [5, 5.41) is 0.509. The third-order valence-corrected chi connectivity index (χ3v) is 3.28. The summed E-state index contributed by atoms with van der Waals surface area (Å²) in [5.41, 5.74) is 8.09. The van der Waals surface area contributed by atoms with Crippen LogP contribution in [0.15, 0.2) is 23.3 Å². The van der Waals surface area contributed by atoms with E-state index in [-0.39, 0.29) is 5.56 Å². The molecule has 0 saturated heterocycles. The highest BCUT2D eigenvalue weighted by atomic mass is 16.5. The van der Waals surface area contributed by atoms with Crippen molar-refractivity contribution in [2.45, 2.75) is 13.8 Å². The lowest BCUT2D eigenvalue weighted by molar-refractivity contribution is 0.204. The molecule has 0 spiro atoms. The number of nitrogens with zero attached hydrogens (tertiary/aromatic N) is 2. The molecule has 0 unspecified atom stereocenters. The van der Waals surface area contributed by atoms with Crippen LogP contribution in [-0.4, -0.2) is 36.8 Å². The van der Waals surface area contributed by atoms with Crippen LogP contribution in [-0.2, 0) is 4.74 Å². The number of nitrogens with one attached hydrogen (secondary N) is 1. The van der Waals surface area contributed by atoms with Gasteiger partial charge in [-0.3, -0.25) is 4.79 Å². The van der Waals surface area contributed by atoms with Gasteiger partial charge < -0.3 is 20.4 Å². The zero-order valence-electron chi connectivity index (χ0n) is 12.7. The monoisotopic (exact) mass is 290 g/mol. The van der Waals surface area contributed by atoms with Gasteiger partial charge in [0.15, 0.2) is 0 Å². The standard InChI is InChI=1S/C15H22N4O2/c1-10(2)8-19(4-5-21-3)14-7-13-11(6-12(14)16)15(20)18-9-17-13/h6-7,9-10H,4-5,8,16H2,1-3H3,(H,17,18,20).